The SMILES string of the molecule is C=CCc1c(CCCCCCCC)cccc1OCCO. The number of unbranched alkanes of at least 4 members (excludes halogenated alkanes) is 5. The number of hydrogen-bond acceptors (Lipinski definition) is 2. The number of aryl methyl sites for hydroxylation is 1. The van der Waals surface area contributed by atoms with Gasteiger partial charge in [-0.05, 0) is 30.9 Å². The fraction of sp³-hybridized carbons (Fsp3) is 0.579. The molecule has 0 aliphatic heterocycles. The van der Waals surface area contributed by atoms with Crippen molar-refractivity contribution < 1.29 is 9.84 Å². The Morgan fingerprint density at radius 2 is 1.90 bits per heavy atom. The smallest absolute Gasteiger partial charge is 0.123 e. The Morgan fingerprint density at radius 1 is 1.14 bits per heavy atom. The molecule has 0 saturated heterocycles. The molecule has 1 aromatic rings. The lowest BCUT2D eigenvalue weighted by Gasteiger charge is -2.14. The van der Waals surface area contributed by atoms with Gasteiger partial charge in [-0.3, -0.25) is 0 Å². The first kappa shape index (κ1) is 17.8. The summed E-state index contributed by atoms with van der Waals surface area (Å²) in [6.07, 6.45) is 11.7. The minimum absolute atomic E-state index is 0.0508. The van der Waals surface area contributed by atoms with E-state index in [0.717, 1.165) is 18.6 Å². The van der Waals surface area contributed by atoms with Crippen LogP contribution in [0.15, 0.2) is 30.9 Å². The molecule has 0 spiro atoms. The summed E-state index contributed by atoms with van der Waals surface area (Å²) in [6.45, 7) is 6.50. The summed E-state index contributed by atoms with van der Waals surface area (Å²) in [4.78, 5) is 0. The zero-order valence-electron chi connectivity index (χ0n) is 13.4. The van der Waals surface area contributed by atoms with Crippen LogP contribution in [0.25, 0.3) is 0 Å². The first-order valence-electron chi connectivity index (χ1n) is 8.28. The quantitative estimate of drug-likeness (QED) is 0.447. The molecule has 0 atom stereocenters. The predicted molar refractivity (Wildman–Crippen MR) is 90.0 cm³/mol. The number of ether oxygens (including phenoxy) is 1. The van der Waals surface area contributed by atoms with Crippen molar-refractivity contribution in [3.05, 3.63) is 42.0 Å². The van der Waals surface area contributed by atoms with Gasteiger partial charge in [-0.15, -0.1) is 6.58 Å². The van der Waals surface area contributed by atoms with Crippen LogP contribution in [-0.4, -0.2) is 18.3 Å². The number of aliphatic hydroxyl groups excluding tert-OH is 1. The molecule has 0 fully saturated rings. The lowest BCUT2D eigenvalue weighted by Crippen LogP contribution is -2.05. The molecule has 0 amide bonds. The van der Waals surface area contributed by atoms with E-state index in [4.69, 9.17) is 9.84 Å². The third kappa shape index (κ3) is 6.81. The van der Waals surface area contributed by atoms with Crippen LogP contribution in [-0.2, 0) is 12.8 Å². The van der Waals surface area contributed by atoms with Crippen LogP contribution < -0.4 is 4.74 Å². The van der Waals surface area contributed by atoms with Gasteiger partial charge in [0.2, 0.25) is 0 Å². The van der Waals surface area contributed by atoms with Crippen molar-refractivity contribution >= 4 is 0 Å². The maximum absolute atomic E-state index is 8.92. The molecule has 1 N–H and O–H groups in total. The average Bonchev–Trinajstić information content (AvgIpc) is 2.50. The summed E-state index contributed by atoms with van der Waals surface area (Å²) in [7, 11) is 0. The molecule has 0 saturated carbocycles. The molecule has 2 heteroatoms. The molecule has 0 aromatic heterocycles. The summed E-state index contributed by atoms with van der Waals surface area (Å²) in [5, 5.41) is 8.92. The minimum atomic E-state index is 0.0508. The van der Waals surface area contributed by atoms with Crippen molar-refractivity contribution in [2.45, 2.75) is 58.3 Å². The molecule has 0 unspecified atom stereocenters. The van der Waals surface area contributed by atoms with Crippen LogP contribution in [0.3, 0.4) is 0 Å². The molecule has 0 aliphatic carbocycles. The molecule has 2 nitrogen and oxygen atoms in total. The molecule has 21 heavy (non-hydrogen) atoms. The van der Waals surface area contributed by atoms with Gasteiger partial charge in [0.05, 0.1) is 6.61 Å². The van der Waals surface area contributed by atoms with Crippen molar-refractivity contribution in [1.29, 1.82) is 0 Å². The van der Waals surface area contributed by atoms with Crippen LogP contribution >= 0.6 is 0 Å². The fourth-order valence-electron chi connectivity index (χ4n) is 2.61. The van der Waals surface area contributed by atoms with Gasteiger partial charge in [0.15, 0.2) is 0 Å². The van der Waals surface area contributed by atoms with Crippen molar-refractivity contribution in [2.24, 2.45) is 0 Å². The third-order valence-corrected chi connectivity index (χ3v) is 3.73. The van der Waals surface area contributed by atoms with E-state index in [1.807, 2.05) is 18.2 Å². The molecular weight excluding hydrogens is 260 g/mol. The van der Waals surface area contributed by atoms with Crippen molar-refractivity contribution in [3.63, 3.8) is 0 Å². The highest BCUT2D eigenvalue weighted by Crippen LogP contribution is 2.25. The normalized spacial score (nSPS) is 10.6. The van der Waals surface area contributed by atoms with Crippen molar-refractivity contribution in [3.8, 4) is 5.75 Å². The van der Waals surface area contributed by atoms with Gasteiger partial charge in [0.1, 0.15) is 12.4 Å². The number of benzene rings is 1. The Balaban J connectivity index is 2.56. The summed E-state index contributed by atoms with van der Waals surface area (Å²) in [5.41, 5.74) is 2.59. The van der Waals surface area contributed by atoms with Gasteiger partial charge >= 0.3 is 0 Å². The molecule has 1 aromatic carbocycles. The van der Waals surface area contributed by atoms with E-state index >= 15 is 0 Å². The highest BCUT2D eigenvalue weighted by atomic mass is 16.5. The summed E-state index contributed by atoms with van der Waals surface area (Å²) >= 11 is 0. The second-order valence-electron chi connectivity index (χ2n) is 5.48. The lowest BCUT2D eigenvalue weighted by molar-refractivity contribution is 0.200. The lowest BCUT2D eigenvalue weighted by atomic mass is 9.97. The Hall–Kier alpha value is -1.28. The van der Waals surface area contributed by atoms with E-state index in [0.29, 0.717) is 6.61 Å². The zero-order valence-corrected chi connectivity index (χ0v) is 13.4. The standard InChI is InChI=1S/C19H30O2/c1-3-5-6-7-8-9-12-17-13-10-14-19(21-16-15-20)18(17)11-4-2/h4,10,13-14,20H,2-3,5-9,11-12,15-16H2,1H3. The van der Waals surface area contributed by atoms with Gasteiger partial charge in [0, 0.05) is 5.56 Å². The summed E-state index contributed by atoms with van der Waals surface area (Å²) in [5.74, 6) is 0.896. The largest absolute Gasteiger partial charge is 0.491 e. The molecule has 0 aliphatic rings. The van der Waals surface area contributed by atoms with Gasteiger partial charge in [-0.25, -0.2) is 0 Å². The van der Waals surface area contributed by atoms with Crippen LogP contribution in [0, 0.1) is 0 Å². The van der Waals surface area contributed by atoms with E-state index in [1.165, 1.54) is 49.7 Å². The number of hydrogen-bond donors (Lipinski definition) is 1. The van der Waals surface area contributed by atoms with Gasteiger partial charge in [-0.1, -0.05) is 57.2 Å². The van der Waals surface area contributed by atoms with E-state index < -0.39 is 0 Å². The Labute approximate surface area is 129 Å². The fourth-order valence-corrected chi connectivity index (χ4v) is 2.61. The molecule has 0 radical (unpaired) electrons. The highest BCUT2D eigenvalue weighted by molar-refractivity contribution is 5.41. The summed E-state index contributed by atoms with van der Waals surface area (Å²) in [6, 6.07) is 6.22. The molecule has 0 bridgehead atoms. The molecular formula is C19H30O2. The van der Waals surface area contributed by atoms with Crippen LogP contribution in [0.5, 0.6) is 5.75 Å². The number of allylic oxidation sites excluding steroid dienone is 1. The molecule has 1 rings (SSSR count). The predicted octanol–water partition coefficient (Wildman–Crippen LogP) is 4.69. The van der Waals surface area contributed by atoms with Crippen LogP contribution in [0.4, 0.5) is 0 Å². The maximum Gasteiger partial charge on any atom is 0.123 e. The van der Waals surface area contributed by atoms with Crippen molar-refractivity contribution in [1.82, 2.24) is 0 Å². The first-order chi connectivity index (χ1) is 10.3. The number of rotatable bonds is 12. The van der Waals surface area contributed by atoms with Gasteiger partial charge in [-0.2, -0.15) is 0 Å². The van der Waals surface area contributed by atoms with Crippen LogP contribution in [0.2, 0.25) is 0 Å². The first-order valence-corrected chi connectivity index (χ1v) is 8.28. The maximum atomic E-state index is 8.92. The van der Waals surface area contributed by atoms with E-state index in [2.05, 4.69) is 19.6 Å². The topological polar surface area (TPSA) is 29.5 Å². The van der Waals surface area contributed by atoms with E-state index in [1.54, 1.807) is 0 Å². The third-order valence-electron chi connectivity index (χ3n) is 3.73. The number of aliphatic hydroxyl groups is 1. The monoisotopic (exact) mass is 290 g/mol. The van der Waals surface area contributed by atoms with E-state index in [-0.39, 0.29) is 6.61 Å². The Morgan fingerprint density at radius 3 is 2.62 bits per heavy atom. The van der Waals surface area contributed by atoms with Crippen LogP contribution in [0.1, 0.15) is 56.6 Å². The molecule has 118 valence electrons. The van der Waals surface area contributed by atoms with E-state index in [9.17, 15) is 0 Å². The highest BCUT2D eigenvalue weighted by Gasteiger charge is 2.08. The van der Waals surface area contributed by atoms with Crippen molar-refractivity contribution in [2.75, 3.05) is 13.2 Å². The molecule has 0 heterocycles. The summed E-state index contributed by atoms with van der Waals surface area (Å²) < 4.78 is 5.64. The minimum Gasteiger partial charge on any atom is -0.491 e. The zero-order chi connectivity index (χ0) is 15.3. The second kappa shape index (κ2) is 11.4. The van der Waals surface area contributed by atoms with Gasteiger partial charge in [0.25, 0.3) is 0 Å². The second-order valence-corrected chi connectivity index (χ2v) is 5.48. The Kier molecular flexibility index (Phi) is 9.64. The van der Waals surface area contributed by atoms with Gasteiger partial charge < -0.3 is 9.84 Å². The Bertz CT molecular complexity index is 399. The average molecular weight is 290 g/mol.